The number of aliphatic carboxylic acids is 1. The van der Waals surface area contributed by atoms with E-state index in [-0.39, 0.29) is 18.0 Å². The number of nitrogens with two attached hydrogens (primary N) is 1. The first kappa shape index (κ1) is 47.1. The number of unbranched alkanes of at least 4 members (excludes halogenated alkanes) is 13. The third-order valence-corrected chi connectivity index (χ3v) is 8.52. The van der Waals surface area contributed by atoms with Crippen LogP contribution in [-0.4, -0.2) is 41.6 Å². The molecular weight excluding hydrogens is 624 g/mol. The minimum absolute atomic E-state index is 0.123. The van der Waals surface area contributed by atoms with Crippen LogP contribution in [-0.2, 0) is 19.1 Å². The summed E-state index contributed by atoms with van der Waals surface area (Å²) in [5.74, 6) is -1.38. The van der Waals surface area contributed by atoms with Crippen molar-refractivity contribution >= 4 is 17.8 Å². The number of carboxylic acid groups (broad SMARTS) is 1. The Hall–Kier alpha value is -2.93. The summed E-state index contributed by atoms with van der Waals surface area (Å²) in [4.78, 5) is 36.2. The van der Waals surface area contributed by atoms with Crippen LogP contribution in [0.3, 0.4) is 0 Å². The average Bonchev–Trinajstić information content (AvgIpc) is 3.10. The molecule has 2 unspecified atom stereocenters. The van der Waals surface area contributed by atoms with E-state index in [0.717, 1.165) is 83.5 Å². The molecule has 0 radical (unpaired) electrons. The fraction of sp³-hybridized carbons (Fsp3) is 0.698. The second-order valence-electron chi connectivity index (χ2n) is 13.3. The summed E-state index contributed by atoms with van der Waals surface area (Å²) in [6.07, 6.45) is 45.7. The van der Waals surface area contributed by atoms with E-state index in [9.17, 15) is 19.5 Å². The zero-order valence-corrected chi connectivity index (χ0v) is 32.0. The highest BCUT2D eigenvalue weighted by molar-refractivity contribution is 5.83. The van der Waals surface area contributed by atoms with Gasteiger partial charge in [-0.1, -0.05) is 126 Å². The standard InChI is InChI=1S/C43H74N2O5/c1-3-5-7-9-11-12-13-14-15-16-17-18-19-20-21-22-23-25-31-37-42(47)50-39(33-28-24-10-8-6-4-2)34-29-26-27-30-36-41(46)45-40(43(48)49)35-32-38-44/h8,10-12,14-15,17-18,28,33,39-40H,3-7,9,13,16,19-27,29-32,34-38,44H2,1-2H3,(H,45,46)(H,48,49)/b10-8-,12-11-,15-14-,18-17-,33-28-. The third kappa shape index (κ3) is 33.6. The molecule has 0 aromatic heterocycles. The van der Waals surface area contributed by atoms with Crippen LogP contribution >= 0.6 is 0 Å². The largest absolute Gasteiger partial charge is 0.480 e. The van der Waals surface area contributed by atoms with E-state index in [4.69, 9.17) is 10.5 Å². The van der Waals surface area contributed by atoms with E-state index in [1.54, 1.807) is 0 Å². The van der Waals surface area contributed by atoms with Gasteiger partial charge in [0.15, 0.2) is 0 Å². The SMILES string of the molecule is CCC/C=C\C/C=C\C(CCCCCCC(=O)NC(CCCN)C(=O)O)OC(=O)CCCCCCCC/C=C\C/C=C\C/C=C\CCCCC. The molecule has 0 aliphatic carbocycles. The Kier molecular flexibility index (Phi) is 35.1. The molecule has 4 N–H and O–H groups in total. The third-order valence-electron chi connectivity index (χ3n) is 8.52. The van der Waals surface area contributed by atoms with Crippen molar-refractivity contribution in [3.05, 3.63) is 60.8 Å². The lowest BCUT2D eigenvalue weighted by molar-refractivity contribution is -0.147. The number of hydrogen-bond donors (Lipinski definition) is 3. The summed E-state index contributed by atoms with van der Waals surface area (Å²) < 4.78 is 5.86. The van der Waals surface area contributed by atoms with E-state index in [0.29, 0.717) is 38.6 Å². The van der Waals surface area contributed by atoms with Crippen molar-refractivity contribution in [2.75, 3.05) is 6.54 Å². The molecule has 0 saturated heterocycles. The molecule has 1 amide bonds. The fourth-order valence-corrected chi connectivity index (χ4v) is 5.47. The molecule has 0 aliphatic rings. The molecule has 0 aliphatic heterocycles. The molecule has 0 bridgehead atoms. The first-order valence-corrected chi connectivity index (χ1v) is 20.1. The van der Waals surface area contributed by atoms with Gasteiger partial charge in [-0.25, -0.2) is 4.79 Å². The highest BCUT2D eigenvalue weighted by atomic mass is 16.5. The lowest BCUT2D eigenvalue weighted by atomic mass is 10.1. The van der Waals surface area contributed by atoms with Crippen molar-refractivity contribution in [3.8, 4) is 0 Å². The number of hydrogen-bond acceptors (Lipinski definition) is 5. The van der Waals surface area contributed by atoms with E-state index >= 15 is 0 Å². The molecule has 0 saturated carbocycles. The minimum atomic E-state index is -1.02. The van der Waals surface area contributed by atoms with Gasteiger partial charge in [-0.15, -0.1) is 0 Å². The quantitative estimate of drug-likeness (QED) is 0.0344. The summed E-state index contributed by atoms with van der Waals surface area (Å²) >= 11 is 0. The molecule has 0 rings (SSSR count). The first-order valence-electron chi connectivity index (χ1n) is 20.1. The second-order valence-corrected chi connectivity index (χ2v) is 13.3. The lowest BCUT2D eigenvalue weighted by Gasteiger charge is -2.15. The van der Waals surface area contributed by atoms with Crippen LogP contribution in [0.4, 0.5) is 0 Å². The molecule has 0 aromatic rings. The molecule has 2 atom stereocenters. The maximum absolute atomic E-state index is 12.6. The van der Waals surface area contributed by atoms with Gasteiger partial charge in [0.05, 0.1) is 0 Å². The molecule has 50 heavy (non-hydrogen) atoms. The highest BCUT2D eigenvalue weighted by Gasteiger charge is 2.19. The van der Waals surface area contributed by atoms with Gasteiger partial charge in [0.2, 0.25) is 5.91 Å². The van der Waals surface area contributed by atoms with Crippen LogP contribution < -0.4 is 11.1 Å². The van der Waals surface area contributed by atoms with Crippen LogP contribution in [0.5, 0.6) is 0 Å². The minimum Gasteiger partial charge on any atom is -0.480 e. The van der Waals surface area contributed by atoms with Gasteiger partial charge >= 0.3 is 11.9 Å². The Balaban J connectivity index is 4.20. The van der Waals surface area contributed by atoms with Crippen LogP contribution in [0.1, 0.15) is 174 Å². The number of esters is 1. The van der Waals surface area contributed by atoms with E-state index in [1.165, 1.54) is 44.9 Å². The molecule has 0 aromatic carbocycles. The van der Waals surface area contributed by atoms with Crippen molar-refractivity contribution in [3.63, 3.8) is 0 Å². The van der Waals surface area contributed by atoms with Gasteiger partial charge in [-0.3, -0.25) is 9.59 Å². The topological polar surface area (TPSA) is 119 Å². The lowest BCUT2D eigenvalue weighted by Crippen LogP contribution is -2.40. The number of allylic oxidation sites excluding steroid dienone is 9. The Morgan fingerprint density at radius 3 is 1.76 bits per heavy atom. The van der Waals surface area contributed by atoms with Crippen LogP contribution in [0.15, 0.2) is 60.8 Å². The van der Waals surface area contributed by atoms with Gasteiger partial charge in [-0.2, -0.15) is 0 Å². The molecule has 7 nitrogen and oxygen atoms in total. The average molecular weight is 699 g/mol. The number of rotatable bonds is 35. The van der Waals surface area contributed by atoms with Crippen molar-refractivity contribution in [1.82, 2.24) is 5.32 Å². The summed E-state index contributed by atoms with van der Waals surface area (Å²) in [6.45, 7) is 4.80. The van der Waals surface area contributed by atoms with Gasteiger partial charge < -0.3 is 20.9 Å². The summed E-state index contributed by atoms with van der Waals surface area (Å²) in [5.41, 5.74) is 5.47. The zero-order chi connectivity index (χ0) is 36.8. The normalized spacial score (nSPS) is 13.3. The summed E-state index contributed by atoms with van der Waals surface area (Å²) in [7, 11) is 0. The van der Waals surface area contributed by atoms with Crippen molar-refractivity contribution in [1.29, 1.82) is 0 Å². The Labute approximate surface area is 306 Å². The smallest absolute Gasteiger partial charge is 0.326 e. The summed E-state index contributed by atoms with van der Waals surface area (Å²) in [6, 6.07) is -0.877. The maximum atomic E-state index is 12.6. The van der Waals surface area contributed by atoms with E-state index in [1.807, 2.05) is 6.08 Å². The Morgan fingerprint density at radius 2 is 1.14 bits per heavy atom. The molecule has 0 fully saturated rings. The predicted molar refractivity (Wildman–Crippen MR) is 211 cm³/mol. The molecular formula is C43H74N2O5. The number of ether oxygens (including phenoxy) is 1. The monoisotopic (exact) mass is 699 g/mol. The maximum Gasteiger partial charge on any atom is 0.326 e. The van der Waals surface area contributed by atoms with Crippen molar-refractivity contribution in [2.45, 2.75) is 187 Å². The number of carbonyl (C=O) groups excluding carboxylic acids is 2. The molecule has 0 heterocycles. The number of carboxylic acids is 1. The number of amides is 1. The fourth-order valence-electron chi connectivity index (χ4n) is 5.47. The van der Waals surface area contributed by atoms with Gasteiger partial charge in [0, 0.05) is 12.8 Å². The van der Waals surface area contributed by atoms with Crippen molar-refractivity contribution in [2.24, 2.45) is 5.73 Å². The van der Waals surface area contributed by atoms with Gasteiger partial charge in [-0.05, 0) is 103 Å². The zero-order valence-electron chi connectivity index (χ0n) is 32.0. The van der Waals surface area contributed by atoms with E-state index in [2.05, 4.69) is 73.8 Å². The van der Waals surface area contributed by atoms with E-state index < -0.39 is 12.0 Å². The molecule has 286 valence electrons. The predicted octanol–water partition coefficient (Wildman–Crippen LogP) is 11.0. The highest BCUT2D eigenvalue weighted by Crippen LogP contribution is 2.15. The summed E-state index contributed by atoms with van der Waals surface area (Å²) in [5, 5.41) is 11.9. The van der Waals surface area contributed by atoms with Crippen LogP contribution in [0, 0.1) is 0 Å². The van der Waals surface area contributed by atoms with Gasteiger partial charge in [0.25, 0.3) is 0 Å². The van der Waals surface area contributed by atoms with Crippen LogP contribution in [0.25, 0.3) is 0 Å². The Bertz CT molecular complexity index is 968. The first-order chi connectivity index (χ1) is 24.4. The molecule has 0 spiro atoms. The number of nitrogens with one attached hydrogen (secondary N) is 1. The Morgan fingerprint density at radius 1 is 0.600 bits per heavy atom. The van der Waals surface area contributed by atoms with Crippen molar-refractivity contribution < 1.29 is 24.2 Å². The van der Waals surface area contributed by atoms with Gasteiger partial charge in [0.1, 0.15) is 12.1 Å². The van der Waals surface area contributed by atoms with Crippen LogP contribution in [0.2, 0.25) is 0 Å². The molecule has 7 heteroatoms. The number of carbonyl (C=O) groups is 3. The second kappa shape index (κ2) is 37.3.